The molecule has 2 aromatic carbocycles. The van der Waals surface area contributed by atoms with Gasteiger partial charge in [-0.05, 0) is 24.3 Å². The third kappa shape index (κ3) is 2.32. The number of para-hydroxylation sites is 1. The summed E-state index contributed by atoms with van der Waals surface area (Å²) in [6, 6.07) is 15.2. The summed E-state index contributed by atoms with van der Waals surface area (Å²) in [4.78, 5) is 12.6. The summed E-state index contributed by atoms with van der Waals surface area (Å²) in [6.45, 7) is 0. The number of hydrogen-bond acceptors (Lipinski definition) is 4. The number of rotatable bonds is 3. The highest BCUT2D eigenvalue weighted by molar-refractivity contribution is 7.87. The van der Waals surface area contributed by atoms with Crippen LogP contribution in [0.1, 0.15) is 10.4 Å². The molecular weight excluding hydrogens is 302 g/mol. The molecule has 0 N–H and O–H groups in total. The second-order valence-corrected chi connectivity index (χ2v) is 6.35. The largest absolute Gasteiger partial charge is 0.298 e. The maximum Gasteiger partial charge on any atom is 0.298 e. The fourth-order valence-electron chi connectivity index (χ4n) is 2.34. The molecule has 1 aromatic heterocycles. The zero-order valence-electron chi connectivity index (χ0n) is 11.8. The van der Waals surface area contributed by atoms with Gasteiger partial charge in [-0.2, -0.15) is 8.42 Å². The number of nitrogens with zero attached hydrogens (tertiary/aromatic N) is 1. The van der Waals surface area contributed by atoms with Crippen molar-refractivity contribution in [2.45, 2.75) is 4.90 Å². The van der Waals surface area contributed by atoms with E-state index in [4.69, 9.17) is 0 Å². The van der Waals surface area contributed by atoms with Crippen LogP contribution in [0.2, 0.25) is 0 Å². The molecule has 0 aliphatic heterocycles. The fraction of sp³-hybridized carbons (Fsp3) is 0.0625. The van der Waals surface area contributed by atoms with Crippen molar-refractivity contribution in [1.29, 1.82) is 0 Å². The van der Waals surface area contributed by atoms with Gasteiger partial charge in [0.2, 0.25) is 0 Å². The highest BCUT2D eigenvalue weighted by atomic mass is 32.2. The highest BCUT2D eigenvalue weighted by Gasteiger charge is 2.21. The predicted octanol–water partition coefficient (Wildman–Crippen LogP) is 2.66. The number of carbonyl (C=O) groups is 1. The smallest absolute Gasteiger partial charge is 0.282 e. The Bertz CT molecular complexity index is 943. The molecular formula is C16H13NO4S. The zero-order chi connectivity index (χ0) is 15.7. The molecule has 22 heavy (non-hydrogen) atoms. The number of carbonyl (C=O) groups excluding carboxylic acids is 1. The van der Waals surface area contributed by atoms with Crippen molar-refractivity contribution >= 4 is 26.9 Å². The molecule has 0 aliphatic rings. The molecule has 0 radical (unpaired) electrons. The molecule has 0 amide bonds. The minimum Gasteiger partial charge on any atom is -0.282 e. The van der Waals surface area contributed by atoms with Gasteiger partial charge in [-0.25, -0.2) is 0 Å². The lowest BCUT2D eigenvalue weighted by Gasteiger charge is -2.08. The van der Waals surface area contributed by atoms with Crippen molar-refractivity contribution in [2.24, 2.45) is 0 Å². The predicted molar refractivity (Wildman–Crippen MR) is 82.3 cm³/mol. The van der Waals surface area contributed by atoms with Crippen LogP contribution in [0.4, 0.5) is 0 Å². The molecule has 0 unspecified atom stereocenters. The summed E-state index contributed by atoms with van der Waals surface area (Å²) in [5, 5.41) is 0.655. The molecule has 0 atom stereocenters. The van der Waals surface area contributed by atoms with Crippen LogP contribution < -0.4 is 0 Å². The topological polar surface area (TPSA) is 65.4 Å². The lowest BCUT2D eigenvalue weighted by molar-refractivity contribution is 0.0964. The Kier molecular flexibility index (Phi) is 3.56. The summed E-state index contributed by atoms with van der Waals surface area (Å²) < 4.78 is 30.1. The minimum absolute atomic E-state index is 0.0261. The maximum absolute atomic E-state index is 12.6. The van der Waals surface area contributed by atoms with Gasteiger partial charge >= 0.3 is 0 Å². The molecule has 1 heterocycles. The number of fused-ring (bicyclic) bond motifs is 1. The molecule has 5 nitrogen and oxygen atoms in total. The number of hydrogen-bond donors (Lipinski definition) is 0. The van der Waals surface area contributed by atoms with E-state index in [1.165, 1.54) is 10.6 Å². The van der Waals surface area contributed by atoms with Crippen LogP contribution >= 0.6 is 0 Å². The van der Waals surface area contributed by atoms with E-state index in [-0.39, 0.29) is 10.8 Å². The molecule has 0 bridgehead atoms. The molecule has 0 fully saturated rings. The Hall–Kier alpha value is -2.44. The minimum atomic E-state index is -3.91. The average Bonchev–Trinajstić information content (AvgIpc) is 2.98. The fourth-order valence-corrected chi connectivity index (χ4v) is 3.22. The van der Waals surface area contributed by atoms with Gasteiger partial charge in [0.05, 0.1) is 12.6 Å². The summed E-state index contributed by atoms with van der Waals surface area (Å²) in [5.41, 5.74) is 0.794. The Morgan fingerprint density at radius 1 is 1.00 bits per heavy atom. The molecule has 3 aromatic rings. The van der Waals surface area contributed by atoms with Crippen LogP contribution in [0.25, 0.3) is 10.9 Å². The summed E-state index contributed by atoms with van der Waals surface area (Å²) in [7, 11) is -2.81. The van der Waals surface area contributed by atoms with Gasteiger partial charge in [0.1, 0.15) is 4.90 Å². The van der Waals surface area contributed by atoms with Crippen LogP contribution in [0.5, 0.6) is 0 Å². The van der Waals surface area contributed by atoms with Crippen LogP contribution in [-0.2, 0) is 14.3 Å². The Balaban J connectivity index is 2.27. The SMILES string of the molecule is COS(=O)(=O)c1cccc2ccn(C(=O)c3ccccc3)c12. The van der Waals surface area contributed by atoms with Crippen LogP contribution in [0.3, 0.4) is 0 Å². The standard InChI is InChI=1S/C16H13NO4S/c1-21-22(19,20)14-9-5-8-12-10-11-17(15(12)14)16(18)13-6-3-2-4-7-13/h2-11H,1H3. The van der Waals surface area contributed by atoms with Crippen molar-refractivity contribution in [3.05, 3.63) is 66.4 Å². The van der Waals surface area contributed by atoms with Crippen molar-refractivity contribution in [1.82, 2.24) is 4.57 Å². The Morgan fingerprint density at radius 3 is 2.41 bits per heavy atom. The van der Waals surface area contributed by atoms with Gasteiger partial charge in [0.15, 0.2) is 0 Å². The summed E-state index contributed by atoms with van der Waals surface area (Å²) in [5.74, 6) is -0.297. The first-order valence-electron chi connectivity index (χ1n) is 6.55. The van der Waals surface area contributed by atoms with Gasteiger partial charge < -0.3 is 0 Å². The van der Waals surface area contributed by atoms with E-state index in [9.17, 15) is 13.2 Å². The monoisotopic (exact) mass is 315 g/mol. The Labute approximate surface area is 127 Å². The highest BCUT2D eigenvalue weighted by Crippen LogP contribution is 2.26. The van der Waals surface area contributed by atoms with Crippen LogP contribution in [0, 0.1) is 0 Å². The second-order valence-electron chi connectivity index (χ2n) is 4.67. The van der Waals surface area contributed by atoms with E-state index in [0.717, 1.165) is 7.11 Å². The van der Waals surface area contributed by atoms with Crippen molar-refractivity contribution < 1.29 is 17.4 Å². The molecule has 0 saturated carbocycles. The first-order chi connectivity index (χ1) is 10.5. The first kappa shape index (κ1) is 14.5. The van der Waals surface area contributed by atoms with Gasteiger partial charge in [-0.3, -0.25) is 13.5 Å². The van der Waals surface area contributed by atoms with Gasteiger partial charge in [-0.15, -0.1) is 0 Å². The van der Waals surface area contributed by atoms with Crippen molar-refractivity contribution in [3.8, 4) is 0 Å². The molecule has 0 spiro atoms. The van der Waals surface area contributed by atoms with Gasteiger partial charge in [0.25, 0.3) is 16.0 Å². The lowest BCUT2D eigenvalue weighted by Crippen LogP contribution is -2.13. The quantitative estimate of drug-likeness (QED) is 0.697. The zero-order valence-corrected chi connectivity index (χ0v) is 12.6. The van der Waals surface area contributed by atoms with Crippen molar-refractivity contribution in [3.63, 3.8) is 0 Å². The number of aromatic nitrogens is 1. The molecule has 0 aliphatic carbocycles. The van der Waals surface area contributed by atoms with Gasteiger partial charge in [0, 0.05) is 17.1 Å². The van der Waals surface area contributed by atoms with E-state index in [0.29, 0.717) is 16.5 Å². The van der Waals surface area contributed by atoms with E-state index in [1.807, 2.05) is 6.07 Å². The van der Waals surface area contributed by atoms with Gasteiger partial charge in [-0.1, -0.05) is 30.3 Å². The van der Waals surface area contributed by atoms with Crippen LogP contribution in [-0.4, -0.2) is 26.0 Å². The lowest BCUT2D eigenvalue weighted by atomic mass is 10.2. The van der Waals surface area contributed by atoms with Crippen LogP contribution in [0.15, 0.2) is 65.7 Å². The third-order valence-electron chi connectivity index (χ3n) is 3.40. The van der Waals surface area contributed by atoms with E-state index < -0.39 is 10.1 Å². The van der Waals surface area contributed by atoms with E-state index in [2.05, 4.69) is 4.18 Å². The Morgan fingerprint density at radius 2 is 1.73 bits per heavy atom. The molecule has 6 heteroatoms. The normalized spacial score (nSPS) is 11.7. The summed E-state index contributed by atoms with van der Waals surface area (Å²) >= 11 is 0. The second kappa shape index (κ2) is 5.40. The van der Waals surface area contributed by atoms with Crippen molar-refractivity contribution in [2.75, 3.05) is 7.11 Å². The third-order valence-corrected chi connectivity index (χ3v) is 4.71. The molecule has 112 valence electrons. The first-order valence-corrected chi connectivity index (χ1v) is 7.96. The van der Waals surface area contributed by atoms with E-state index >= 15 is 0 Å². The molecule has 0 saturated heterocycles. The molecule has 3 rings (SSSR count). The van der Waals surface area contributed by atoms with E-state index in [1.54, 1.807) is 48.7 Å². The maximum atomic E-state index is 12.6. The number of benzene rings is 2. The summed E-state index contributed by atoms with van der Waals surface area (Å²) in [6.07, 6.45) is 1.56. The average molecular weight is 315 g/mol.